The van der Waals surface area contributed by atoms with Crippen molar-refractivity contribution < 1.29 is 4.79 Å². The monoisotopic (exact) mass is 163 g/mol. The Labute approximate surface area is 72.8 Å². The van der Waals surface area contributed by atoms with Crippen molar-refractivity contribution in [2.75, 3.05) is 11.9 Å². The molecule has 64 valence electrons. The van der Waals surface area contributed by atoms with Crippen molar-refractivity contribution >= 4 is 12.1 Å². The van der Waals surface area contributed by atoms with Crippen molar-refractivity contribution in [2.45, 2.75) is 13.3 Å². The summed E-state index contributed by atoms with van der Waals surface area (Å²) in [5.74, 6) is 0. The molecule has 0 N–H and O–H groups in total. The first-order valence-corrected chi connectivity index (χ1v) is 4.05. The average Bonchev–Trinajstić information content (AvgIpc) is 2.17. The van der Waals surface area contributed by atoms with Crippen LogP contribution in [0.4, 0.5) is 5.69 Å². The van der Waals surface area contributed by atoms with E-state index in [9.17, 15) is 4.79 Å². The summed E-state index contributed by atoms with van der Waals surface area (Å²) in [6.07, 6.45) is 1.81. The highest BCUT2D eigenvalue weighted by atomic mass is 16.1. The SMILES string of the molecule is CCc1cccc(N(C)C=O)c1. The van der Waals surface area contributed by atoms with E-state index in [-0.39, 0.29) is 0 Å². The van der Waals surface area contributed by atoms with Crippen LogP contribution < -0.4 is 4.90 Å². The molecule has 2 heteroatoms. The predicted molar refractivity (Wildman–Crippen MR) is 50.3 cm³/mol. The largest absolute Gasteiger partial charge is 0.318 e. The number of hydrogen-bond donors (Lipinski definition) is 0. The molecule has 0 radical (unpaired) electrons. The Bertz CT molecular complexity index is 270. The molecule has 0 heterocycles. The van der Waals surface area contributed by atoms with E-state index >= 15 is 0 Å². The number of rotatable bonds is 3. The fraction of sp³-hybridized carbons (Fsp3) is 0.300. The van der Waals surface area contributed by atoms with Gasteiger partial charge in [0.1, 0.15) is 0 Å². The molecule has 12 heavy (non-hydrogen) atoms. The van der Waals surface area contributed by atoms with Gasteiger partial charge in [0.2, 0.25) is 6.41 Å². The highest BCUT2D eigenvalue weighted by Crippen LogP contribution is 2.13. The summed E-state index contributed by atoms with van der Waals surface area (Å²) in [4.78, 5) is 12.0. The zero-order valence-electron chi connectivity index (χ0n) is 7.45. The summed E-state index contributed by atoms with van der Waals surface area (Å²) in [7, 11) is 1.75. The van der Waals surface area contributed by atoms with Crippen LogP contribution in [0.3, 0.4) is 0 Å². The molecule has 2 nitrogen and oxygen atoms in total. The lowest BCUT2D eigenvalue weighted by molar-refractivity contribution is -0.107. The Morgan fingerprint density at radius 3 is 2.83 bits per heavy atom. The van der Waals surface area contributed by atoms with Gasteiger partial charge in [-0.1, -0.05) is 19.1 Å². The Morgan fingerprint density at radius 1 is 1.50 bits per heavy atom. The van der Waals surface area contributed by atoms with Gasteiger partial charge in [-0.2, -0.15) is 0 Å². The van der Waals surface area contributed by atoms with Gasteiger partial charge >= 0.3 is 0 Å². The normalized spacial score (nSPS) is 9.50. The summed E-state index contributed by atoms with van der Waals surface area (Å²) >= 11 is 0. The third kappa shape index (κ3) is 1.84. The average molecular weight is 163 g/mol. The fourth-order valence-electron chi connectivity index (χ4n) is 1.06. The molecule has 0 bridgehead atoms. The lowest BCUT2D eigenvalue weighted by atomic mass is 10.1. The highest BCUT2D eigenvalue weighted by molar-refractivity contribution is 5.74. The predicted octanol–water partition coefficient (Wildman–Crippen LogP) is 1.84. The number of carbonyl (C=O) groups excluding carboxylic acids is 1. The van der Waals surface area contributed by atoms with Crippen molar-refractivity contribution in [2.24, 2.45) is 0 Å². The van der Waals surface area contributed by atoms with Crippen molar-refractivity contribution in [3.8, 4) is 0 Å². The number of hydrogen-bond acceptors (Lipinski definition) is 1. The van der Waals surface area contributed by atoms with Gasteiger partial charge in [-0.3, -0.25) is 4.79 Å². The molecule has 0 aromatic heterocycles. The third-order valence-corrected chi connectivity index (χ3v) is 1.88. The maximum Gasteiger partial charge on any atom is 0.213 e. The van der Waals surface area contributed by atoms with Crippen LogP contribution in [0.15, 0.2) is 24.3 Å². The molecular formula is C10H13NO. The molecule has 1 rings (SSSR count). The summed E-state index contributed by atoms with van der Waals surface area (Å²) in [6, 6.07) is 7.97. The van der Waals surface area contributed by atoms with Crippen molar-refractivity contribution in [1.29, 1.82) is 0 Å². The maximum absolute atomic E-state index is 10.4. The van der Waals surface area contributed by atoms with E-state index in [0.29, 0.717) is 0 Å². The summed E-state index contributed by atoms with van der Waals surface area (Å²) in [5, 5.41) is 0. The van der Waals surface area contributed by atoms with E-state index < -0.39 is 0 Å². The quantitative estimate of drug-likeness (QED) is 0.623. The number of aryl methyl sites for hydroxylation is 1. The van der Waals surface area contributed by atoms with Crippen LogP contribution in [0.25, 0.3) is 0 Å². The molecule has 0 aliphatic rings. The number of amides is 1. The third-order valence-electron chi connectivity index (χ3n) is 1.88. The Balaban J connectivity index is 2.93. The van der Waals surface area contributed by atoms with Crippen LogP contribution in [-0.2, 0) is 11.2 Å². The van der Waals surface area contributed by atoms with Crippen LogP contribution in [-0.4, -0.2) is 13.5 Å². The van der Waals surface area contributed by atoms with Gasteiger partial charge in [-0.15, -0.1) is 0 Å². The number of nitrogens with zero attached hydrogens (tertiary/aromatic N) is 1. The van der Waals surface area contributed by atoms with Crippen molar-refractivity contribution in [1.82, 2.24) is 0 Å². The second kappa shape index (κ2) is 3.90. The van der Waals surface area contributed by atoms with Gasteiger partial charge in [0.15, 0.2) is 0 Å². The molecule has 0 aliphatic heterocycles. The second-order valence-corrected chi connectivity index (χ2v) is 2.74. The molecule has 1 aromatic rings. The van der Waals surface area contributed by atoms with Crippen LogP contribution in [0.1, 0.15) is 12.5 Å². The number of anilines is 1. The molecule has 1 amide bonds. The Hall–Kier alpha value is -1.31. The van der Waals surface area contributed by atoms with Crippen molar-refractivity contribution in [3.63, 3.8) is 0 Å². The minimum atomic E-state index is 0.814. The van der Waals surface area contributed by atoms with E-state index in [4.69, 9.17) is 0 Å². The molecule has 0 fully saturated rings. The minimum Gasteiger partial charge on any atom is -0.318 e. The lowest BCUT2D eigenvalue weighted by Gasteiger charge is -2.11. The molecule has 0 atom stereocenters. The lowest BCUT2D eigenvalue weighted by Crippen LogP contribution is -2.13. The van der Waals surface area contributed by atoms with Gasteiger partial charge in [-0.05, 0) is 24.1 Å². The van der Waals surface area contributed by atoms with Crippen molar-refractivity contribution in [3.05, 3.63) is 29.8 Å². The van der Waals surface area contributed by atoms with E-state index in [0.717, 1.165) is 18.5 Å². The van der Waals surface area contributed by atoms with Gasteiger partial charge in [0.05, 0.1) is 0 Å². The summed E-state index contributed by atoms with van der Waals surface area (Å²) in [6.45, 7) is 2.10. The second-order valence-electron chi connectivity index (χ2n) is 2.74. The fourth-order valence-corrected chi connectivity index (χ4v) is 1.06. The smallest absolute Gasteiger partial charge is 0.213 e. The number of benzene rings is 1. The van der Waals surface area contributed by atoms with Gasteiger partial charge in [0, 0.05) is 12.7 Å². The Morgan fingerprint density at radius 2 is 2.25 bits per heavy atom. The zero-order chi connectivity index (χ0) is 8.97. The number of carbonyl (C=O) groups is 1. The summed E-state index contributed by atoms with van der Waals surface area (Å²) in [5.41, 5.74) is 2.20. The van der Waals surface area contributed by atoms with Crippen LogP contribution >= 0.6 is 0 Å². The first-order chi connectivity index (χ1) is 5.77. The van der Waals surface area contributed by atoms with E-state index in [1.807, 2.05) is 18.2 Å². The molecule has 0 saturated carbocycles. The highest BCUT2D eigenvalue weighted by Gasteiger charge is 1.97. The van der Waals surface area contributed by atoms with Gasteiger partial charge in [-0.25, -0.2) is 0 Å². The van der Waals surface area contributed by atoms with Crippen LogP contribution in [0.5, 0.6) is 0 Å². The van der Waals surface area contributed by atoms with Crippen LogP contribution in [0.2, 0.25) is 0 Å². The van der Waals surface area contributed by atoms with E-state index in [1.54, 1.807) is 11.9 Å². The first kappa shape index (κ1) is 8.78. The van der Waals surface area contributed by atoms with Crippen LogP contribution in [0, 0.1) is 0 Å². The Kier molecular flexibility index (Phi) is 2.86. The molecule has 0 aliphatic carbocycles. The molecule has 1 aromatic carbocycles. The first-order valence-electron chi connectivity index (χ1n) is 4.05. The van der Waals surface area contributed by atoms with E-state index in [2.05, 4.69) is 13.0 Å². The molecule has 0 spiro atoms. The summed E-state index contributed by atoms with van der Waals surface area (Å²) < 4.78 is 0. The topological polar surface area (TPSA) is 20.3 Å². The molecule has 0 unspecified atom stereocenters. The van der Waals surface area contributed by atoms with Gasteiger partial charge < -0.3 is 4.90 Å². The van der Waals surface area contributed by atoms with E-state index in [1.165, 1.54) is 5.56 Å². The molecule has 0 saturated heterocycles. The zero-order valence-corrected chi connectivity index (χ0v) is 7.45. The standard InChI is InChI=1S/C10H13NO/c1-3-9-5-4-6-10(7-9)11(2)8-12/h4-8H,3H2,1-2H3. The maximum atomic E-state index is 10.4. The molecular weight excluding hydrogens is 150 g/mol. The van der Waals surface area contributed by atoms with Gasteiger partial charge in [0.25, 0.3) is 0 Å². The minimum absolute atomic E-state index is 0.814.